The Bertz CT molecular complexity index is 507. The van der Waals surface area contributed by atoms with Crippen LogP contribution in [0.2, 0.25) is 0 Å². The minimum atomic E-state index is 0.159. The second kappa shape index (κ2) is 6.49. The van der Waals surface area contributed by atoms with Gasteiger partial charge in [-0.25, -0.2) is 0 Å². The first-order valence-electron chi connectivity index (χ1n) is 7.94. The van der Waals surface area contributed by atoms with Gasteiger partial charge < -0.3 is 10.6 Å². The van der Waals surface area contributed by atoms with E-state index in [1.807, 2.05) is 0 Å². The van der Waals surface area contributed by atoms with Gasteiger partial charge in [-0.05, 0) is 56.5 Å². The van der Waals surface area contributed by atoms with Crippen LogP contribution in [-0.4, -0.2) is 25.5 Å². The van der Waals surface area contributed by atoms with Gasteiger partial charge in [0.2, 0.25) is 5.91 Å². The summed E-state index contributed by atoms with van der Waals surface area (Å²) in [6, 6.07) is 8.55. The molecule has 2 fully saturated rings. The SMILES string of the molecule is O=C(NCC1(c2cccc(Br)c2)CCC1)C1CCNCC1. The summed E-state index contributed by atoms with van der Waals surface area (Å²) in [6.07, 6.45) is 5.55. The zero-order chi connectivity index (χ0) is 14.7. The van der Waals surface area contributed by atoms with Crippen molar-refractivity contribution in [2.24, 2.45) is 5.92 Å². The summed E-state index contributed by atoms with van der Waals surface area (Å²) in [5, 5.41) is 6.54. The number of piperidine rings is 1. The molecule has 4 heteroatoms. The van der Waals surface area contributed by atoms with Crippen LogP contribution in [0.25, 0.3) is 0 Å². The Kier molecular flexibility index (Phi) is 4.65. The Morgan fingerprint density at radius 2 is 2.10 bits per heavy atom. The highest BCUT2D eigenvalue weighted by Gasteiger charge is 2.39. The average molecular weight is 351 g/mol. The average Bonchev–Trinajstić information content (AvgIpc) is 2.47. The van der Waals surface area contributed by atoms with Crippen molar-refractivity contribution < 1.29 is 4.79 Å². The first kappa shape index (κ1) is 15.0. The molecular weight excluding hydrogens is 328 g/mol. The predicted molar refractivity (Wildman–Crippen MR) is 88.3 cm³/mol. The molecule has 2 aliphatic rings. The molecule has 21 heavy (non-hydrogen) atoms. The topological polar surface area (TPSA) is 41.1 Å². The lowest BCUT2D eigenvalue weighted by atomic mass is 9.64. The van der Waals surface area contributed by atoms with Gasteiger partial charge in [0, 0.05) is 22.4 Å². The van der Waals surface area contributed by atoms with Crippen molar-refractivity contribution in [1.29, 1.82) is 0 Å². The van der Waals surface area contributed by atoms with Crippen molar-refractivity contribution in [3.63, 3.8) is 0 Å². The van der Waals surface area contributed by atoms with Gasteiger partial charge in [0.05, 0.1) is 0 Å². The summed E-state index contributed by atoms with van der Waals surface area (Å²) in [5.74, 6) is 0.448. The summed E-state index contributed by atoms with van der Waals surface area (Å²) in [7, 11) is 0. The molecule has 1 heterocycles. The molecule has 0 radical (unpaired) electrons. The third kappa shape index (κ3) is 3.32. The molecule has 0 unspecified atom stereocenters. The molecule has 0 bridgehead atoms. The summed E-state index contributed by atoms with van der Waals surface area (Å²) in [6.45, 7) is 2.72. The predicted octanol–water partition coefficient (Wildman–Crippen LogP) is 2.99. The van der Waals surface area contributed by atoms with Crippen LogP contribution in [0.1, 0.15) is 37.7 Å². The number of benzene rings is 1. The standard InChI is InChI=1S/C17H23BrN2O/c18-15-4-1-3-14(11-15)17(7-2-8-17)12-20-16(21)13-5-9-19-10-6-13/h1,3-4,11,13,19H,2,5-10,12H2,(H,20,21). The Morgan fingerprint density at radius 3 is 2.71 bits per heavy atom. The first-order chi connectivity index (χ1) is 10.2. The highest BCUT2D eigenvalue weighted by molar-refractivity contribution is 9.10. The number of hydrogen-bond acceptors (Lipinski definition) is 2. The van der Waals surface area contributed by atoms with Crippen molar-refractivity contribution in [1.82, 2.24) is 10.6 Å². The minimum absolute atomic E-state index is 0.159. The van der Waals surface area contributed by atoms with Crippen molar-refractivity contribution in [3.8, 4) is 0 Å². The number of amides is 1. The van der Waals surface area contributed by atoms with Crippen LogP contribution < -0.4 is 10.6 Å². The molecule has 1 aromatic rings. The van der Waals surface area contributed by atoms with Gasteiger partial charge in [-0.3, -0.25) is 4.79 Å². The highest BCUT2D eigenvalue weighted by Crippen LogP contribution is 2.43. The lowest BCUT2D eigenvalue weighted by Gasteiger charge is -2.43. The van der Waals surface area contributed by atoms with E-state index in [9.17, 15) is 4.79 Å². The summed E-state index contributed by atoms with van der Waals surface area (Å²) < 4.78 is 1.12. The summed E-state index contributed by atoms with van der Waals surface area (Å²) in [5.41, 5.74) is 1.51. The van der Waals surface area contributed by atoms with Crippen molar-refractivity contribution in [2.45, 2.75) is 37.5 Å². The number of carbonyl (C=O) groups excluding carboxylic acids is 1. The summed E-state index contributed by atoms with van der Waals surface area (Å²) in [4.78, 5) is 12.3. The van der Waals surface area contributed by atoms with Crippen LogP contribution >= 0.6 is 15.9 Å². The Labute approximate surface area is 135 Å². The highest BCUT2D eigenvalue weighted by atomic mass is 79.9. The normalized spacial score (nSPS) is 21.6. The van der Waals surface area contributed by atoms with Crippen LogP contribution in [-0.2, 0) is 10.2 Å². The molecule has 1 aliphatic carbocycles. The van der Waals surface area contributed by atoms with Gasteiger partial charge in [0.15, 0.2) is 0 Å². The molecule has 0 atom stereocenters. The molecule has 114 valence electrons. The van der Waals surface area contributed by atoms with Crippen LogP contribution in [0.15, 0.2) is 28.7 Å². The van der Waals surface area contributed by atoms with E-state index in [-0.39, 0.29) is 17.2 Å². The van der Waals surface area contributed by atoms with Gasteiger partial charge in [0.25, 0.3) is 0 Å². The van der Waals surface area contributed by atoms with Gasteiger partial charge in [-0.15, -0.1) is 0 Å². The largest absolute Gasteiger partial charge is 0.355 e. The van der Waals surface area contributed by atoms with E-state index in [0.29, 0.717) is 0 Å². The number of rotatable bonds is 4. The Morgan fingerprint density at radius 1 is 1.33 bits per heavy atom. The molecule has 1 amide bonds. The van der Waals surface area contributed by atoms with Crippen molar-refractivity contribution in [2.75, 3.05) is 19.6 Å². The molecule has 1 aromatic carbocycles. The molecule has 3 rings (SSSR count). The lowest BCUT2D eigenvalue weighted by molar-refractivity contribution is -0.126. The monoisotopic (exact) mass is 350 g/mol. The molecule has 3 nitrogen and oxygen atoms in total. The quantitative estimate of drug-likeness (QED) is 0.876. The van der Waals surface area contributed by atoms with E-state index in [1.54, 1.807) is 0 Å². The van der Waals surface area contributed by atoms with Gasteiger partial charge in [-0.1, -0.05) is 34.5 Å². The van der Waals surface area contributed by atoms with Crippen LogP contribution in [0.3, 0.4) is 0 Å². The molecule has 1 saturated carbocycles. The van der Waals surface area contributed by atoms with Crippen LogP contribution in [0.5, 0.6) is 0 Å². The van der Waals surface area contributed by atoms with Gasteiger partial charge in [-0.2, -0.15) is 0 Å². The maximum atomic E-state index is 12.3. The minimum Gasteiger partial charge on any atom is -0.355 e. The Balaban J connectivity index is 1.63. The number of nitrogens with one attached hydrogen (secondary N) is 2. The maximum absolute atomic E-state index is 12.3. The van der Waals surface area contributed by atoms with Crippen molar-refractivity contribution in [3.05, 3.63) is 34.3 Å². The first-order valence-corrected chi connectivity index (χ1v) is 8.73. The second-order valence-electron chi connectivity index (χ2n) is 6.39. The fourth-order valence-corrected chi connectivity index (χ4v) is 3.87. The zero-order valence-corrected chi connectivity index (χ0v) is 13.9. The van der Waals surface area contributed by atoms with Gasteiger partial charge >= 0.3 is 0 Å². The van der Waals surface area contributed by atoms with Gasteiger partial charge in [0.1, 0.15) is 0 Å². The number of carbonyl (C=O) groups is 1. The third-order valence-corrected chi connectivity index (χ3v) is 5.55. The van der Waals surface area contributed by atoms with Crippen molar-refractivity contribution >= 4 is 21.8 Å². The molecule has 2 N–H and O–H groups in total. The fourth-order valence-electron chi connectivity index (χ4n) is 3.47. The van der Waals surface area contributed by atoms with E-state index in [4.69, 9.17) is 0 Å². The smallest absolute Gasteiger partial charge is 0.223 e. The number of hydrogen-bond donors (Lipinski definition) is 2. The molecule has 1 aliphatic heterocycles. The van der Waals surface area contributed by atoms with E-state index >= 15 is 0 Å². The van der Waals surface area contributed by atoms with E-state index in [1.165, 1.54) is 24.8 Å². The van der Waals surface area contributed by atoms with E-state index in [0.717, 1.165) is 36.9 Å². The van der Waals surface area contributed by atoms with E-state index in [2.05, 4.69) is 50.8 Å². The van der Waals surface area contributed by atoms with E-state index < -0.39 is 0 Å². The molecular formula is C17H23BrN2O. The molecule has 0 spiro atoms. The lowest BCUT2D eigenvalue weighted by Crippen LogP contribution is -2.48. The summed E-state index contributed by atoms with van der Waals surface area (Å²) >= 11 is 3.56. The molecule has 0 aromatic heterocycles. The number of halogens is 1. The van der Waals surface area contributed by atoms with Crippen LogP contribution in [0, 0.1) is 5.92 Å². The molecule has 1 saturated heterocycles. The second-order valence-corrected chi connectivity index (χ2v) is 7.30. The third-order valence-electron chi connectivity index (χ3n) is 5.06. The zero-order valence-electron chi connectivity index (χ0n) is 12.3. The fraction of sp³-hybridized carbons (Fsp3) is 0.588. The maximum Gasteiger partial charge on any atom is 0.223 e. The van der Waals surface area contributed by atoms with Crippen LogP contribution in [0.4, 0.5) is 0 Å². The Hall–Kier alpha value is -0.870.